The summed E-state index contributed by atoms with van der Waals surface area (Å²) in [5, 5.41) is 0. The van der Waals surface area contributed by atoms with Gasteiger partial charge in [-0.25, -0.2) is 0 Å². The fourth-order valence-corrected chi connectivity index (χ4v) is 7.19. The molecule has 130 valence electrons. The number of Topliss-reactive ketones (excluding diaryl/α,β-unsaturated/α-hetero) is 1. The first-order chi connectivity index (χ1) is 11.3. The highest BCUT2D eigenvalue weighted by molar-refractivity contribution is 5.96. The lowest BCUT2D eigenvalue weighted by atomic mass is 9.47. The van der Waals surface area contributed by atoms with Crippen LogP contribution in [0.25, 0.3) is 0 Å². The minimum absolute atomic E-state index is 0.0964. The van der Waals surface area contributed by atoms with Gasteiger partial charge >= 0.3 is 0 Å². The monoisotopic (exact) mass is 326 g/mol. The summed E-state index contributed by atoms with van der Waals surface area (Å²) in [5.41, 5.74) is 4.25. The van der Waals surface area contributed by atoms with Crippen LogP contribution in [0, 0.1) is 28.6 Å². The number of carbonyl (C=O) groups excluding carboxylic acids is 2. The van der Waals surface area contributed by atoms with E-state index >= 15 is 0 Å². The van der Waals surface area contributed by atoms with Crippen molar-refractivity contribution in [1.29, 1.82) is 0 Å². The summed E-state index contributed by atoms with van der Waals surface area (Å²) < 4.78 is 0. The van der Waals surface area contributed by atoms with Crippen molar-refractivity contribution in [2.45, 2.75) is 72.6 Å². The first-order valence-electron chi connectivity index (χ1n) is 9.72. The van der Waals surface area contributed by atoms with Crippen LogP contribution in [-0.4, -0.2) is 11.6 Å². The second-order valence-electron chi connectivity index (χ2n) is 9.34. The standard InChI is InChI=1S/C22H30O2/c1-13-11-19-17-6-5-15-12-16(24)7-9-21(15,3)18(17)8-10-22(19,4)20(13)14(2)23/h12,17-19H,5-11H2,1-4H3. The van der Waals surface area contributed by atoms with Gasteiger partial charge in [-0.05, 0) is 92.6 Å². The molecule has 2 saturated carbocycles. The number of hydrogen-bond acceptors (Lipinski definition) is 2. The maximum absolute atomic E-state index is 12.3. The third-order valence-electron chi connectivity index (χ3n) is 8.23. The molecule has 2 fully saturated rings. The van der Waals surface area contributed by atoms with Gasteiger partial charge < -0.3 is 0 Å². The number of fused-ring (bicyclic) bond motifs is 5. The fraction of sp³-hybridized carbons (Fsp3) is 0.727. The molecule has 0 heterocycles. The number of rotatable bonds is 1. The molecule has 0 amide bonds. The van der Waals surface area contributed by atoms with Crippen LogP contribution in [0.5, 0.6) is 0 Å². The van der Waals surface area contributed by atoms with Crippen LogP contribution in [0.2, 0.25) is 0 Å². The predicted octanol–water partition coefficient (Wildman–Crippen LogP) is 5.03. The molecule has 0 bridgehead atoms. The molecule has 5 unspecified atom stereocenters. The maximum Gasteiger partial charge on any atom is 0.156 e. The summed E-state index contributed by atoms with van der Waals surface area (Å²) in [5.74, 6) is 2.67. The lowest BCUT2D eigenvalue weighted by molar-refractivity contribution is -0.118. The zero-order valence-electron chi connectivity index (χ0n) is 15.6. The average molecular weight is 326 g/mol. The Labute approximate surface area is 145 Å². The first kappa shape index (κ1) is 16.3. The van der Waals surface area contributed by atoms with E-state index in [1.54, 1.807) is 6.92 Å². The van der Waals surface area contributed by atoms with Crippen molar-refractivity contribution in [3.05, 3.63) is 22.8 Å². The Bertz CT molecular complexity index is 682. The summed E-state index contributed by atoms with van der Waals surface area (Å²) in [4.78, 5) is 24.2. The van der Waals surface area contributed by atoms with Gasteiger partial charge in [-0.3, -0.25) is 9.59 Å². The molecule has 0 spiro atoms. The van der Waals surface area contributed by atoms with Gasteiger partial charge in [0.15, 0.2) is 11.6 Å². The van der Waals surface area contributed by atoms with Gasteiger partial charge in [-0.2, -0.15) is 0 Å². The minimum Gasteiger partial charge on any atom is -0.295 e. The lowest BCUT2D eigenvalue weighted by Crippen LogP contribution is -2.50. The molecule has 0 N–H and O–H groups in total. The Kier molecular flexibility index (Phi) is 3.50. The Hall–Kier alpha value is -1.18. The Morgan fingerprint density at radius 3 is 2.54 bits per heavy atom. The molecule has 0 aromatic heterocycles. The van der Waals surface area contributed by atoms with E-state index in [9.17, 15) is 9.59 Å². The van der Waals surface area contributed by atoms with E-state index in [1.165, 1.54) is 24.0 Å². The highest BCUT2D eigenvalue weighted by Crippen LogP contribution is 2.66. The molecule has 0 aromatic carbocycles. The largest absolute Gasteiger partial charge is 0.295 e. The van der Waals surface area contributed by atoms with E-state index in [-0.39, 0.29) is 10.8 Å². The summed E-state index contributed by atoms with van der Waals surface area (Å²) >= 11 is 0. The van der Waals surface area contributed by atoms with Crippen molar-refractivity contribution in [2.24, 2.45) is 28.6 Å². The lowest BCUT2D eigenvalue weighted by Gasteiger charge is -2.57. The zero-order chi connectivity index (χ0) is 17.3. The molecule has 0 radical (unpaired) electrons. The molecule has 0 aliphatic heterocycles. The molecule has 0 aromatic rings. The van der Waals surface area contributed by atoms with Crippen LogP contribution in [0.15, 0.2) is 22.8 Å². The van der Waals surface area contributed by atoms with E-state index < -0.39 is 0 Å². The summed E-state index contributed by atoms with van der Waals surface area (Å²) in [6.07, 6.45) is 9.50. The molecule has 24 heavy (non-hydrogen) atoms. The summed E-state index contributed by atoms with van der Waals surface area (Å²) in [6.45, 7) is 8.73. The SMILES string of the molecule is CC(=O)C1=C(C)CC2C3CCC4=CC(=O)CCC4(C)C3CCC12C. The quantitative estimate of drug-likeness (QED) is 0.677. The van der Waals surface area contributed by atoms with Gasteiger partial charge in [-0.1, -0.05) is 25.0 Å². The van der Waals surface area contributed by atoms with Gasteiger partial charge in [0.2, 0.25) is 0 Å². The molecular formula is C22H30O2. The summed E-state index contributed by atoms with van der Waals surface area (Å²) in [7, 11) is 0. The van der Waals surface area contributed by atoms with Crippen molar-refractivity contribution >= 4 is 11.6 Å². The predicted molar refractivity (Wildman–Crippen MR) is 95.5 cm³/mol. The van der Waals surface area contributed by atoms with Crippen molar-refractivity contribution in [2.75, 3.05) is 0 Å². The van der Waals surface area contributed by atoms with E-state index in [0.717, 1.165) is 37.7 Å². The third-order valence-corrected chi connectivity index (χ3v) is 8.23. The highest BCUT2D eigenvalue weighted by atomic mass is 16.1. The zero-order valence-corrected chi connectivity index (χ0v) is 15.6. The van der Waals surface area contributed by atoms with Crippen molar-refractivity contribution in [3.63, 3.8) is 0 Å². The van der Waals surface area contributed by atoms with Crippen molar-refractivity contribution in [1.82, 2.24) is 0 Å². The molecule has 4 rings (SSSR count). The Morgan fingerprint density at radius 2 is 1.83 bits per heavy atom. The van der Waals surface area contributed by atoms with E-state index in [2.05, 4.69) is 20.8 Å². The van der Waals surface area contributed by atoms with Gasteiger partial charge in [-0.15, -0.1) is 0 Å². The normalized spacial score (nSPS) is 44.6. The van der Waals surface area contributed by atoms with Gasteiger partial charge in [0.25, 0.3) is 0 Å². The highest BCUT2D eigenvalue weighted by Gasteiger charge is 2.58. The molecule has 5 atom stereocenters. The summed E-state index contributed by atoms with van der Waals surface area (Å²) in [6, 6.07) is 0. The van der Waals surface area contributed by atoms with Crippen molar-refractivity contribution < 1.29 is 9.59 Å². The van der Waals surface area contributed by atoms with Crippen LogP contribution in [0.1, 0.15) is 72.6 Å². The van der Waals surface area contributed by atoms with Gasteiger partial charge in [0.05, 0.1) is 0 Å². The molecule has 2 nitrogen and oxygen atoms in total. The number of allylic oxidation sites excluding steroid dienone is 4. The van der Waals surface area contributed by atoms with E-state index in [1.807, 2.05) is 6.08 Å². The molecule has 4 aliphatic rings. The van der Waals surface area contributed by atoms with Crippen molar-refractivity contribution in [3.8, 4) is 0 Å². The first-order valence-corrected chi connectivity index (χ1v) is 9.72. The smallest absolute Gasteiger partial charge is 0.156 e. The molecule has 2 heteroatoms. The number of ketones is 2. The van der Waals surface area contributed by atoms with Crippen LogP contribution in [-0.2, 0) is 9.59 Å². The Morgan fingerprint density at radius 1 is 1.08 bits per heavy atom. The molecule has 0 saturated heterocycles. The topological polar surface area (TPSA) is 34.1 Å². The third kappa shape index (κ3) is 2.01. The van der Waals surface area contributed by atoms with Crippen LogP contribution >= 0.6 is 0 Å². The van der Waals surface area contributed by atoms with Crippen LogP contribution in [0.4, 0.5) is 0 Å². The fourth-order valence-electron chi connectivity index (χ4n) is 7.19. The molecule has 4 aliphatic carbocycles. The number of hydrogen-bond donors (Lipinski definition) is 0. The Balaban J connectivity index is 1.70. The second kappa shape index (κ2) is 5.16. The van der Waals surface area contributed by atoms with Crippen LogP contribution in [0.3, 0.4) is 0 Å². The van der Waals surface area contributed by atoms with Gasteiger partial charge in [0.1, 0.15) is 0 Å². The number of carbonyl (C=O) groups is 2. The maximum atomic E-state index is 12.3. The second-order valence-corrected chi connectivity index (χ2v) is 9.34. The average Bonchev–Trinajstić information content (AvgIpc) is 2.78. The van der Waals surface area contributed by atoms with E-state index in [4.69, 9.17) is 0 Å². The van der Waals surface area contributed by atoms with E-state index in [0.29, 0.717) is 29.3 Å². The van der Waals surface area contributed by atoms with Crippen LogP contribution < -0.4 is 0 Å². The molecular weight excluding hydrogens is 296 g/mol. The minimum atomic E-state index is 0.0964. The van der Waals surface area contributed by atoms with Gasteiger partial charge in [0, 0.05) is 6.42 Å².